The molecular weight excluding hydrogens is 292 g/mol. The summed E-state index contributed by atoms with van der Waals surface area (Å²) in [5, 5.41) is 12.5. The Morgan fingerprint density at radius 2 is 2.05 bits per heavy atom. The van der Waals surface area contributed by atoms with E-state index < -0.39 is 41.2 Å². The fourth-order valence-electron chi connectivity index (χ4n) is 2.25. The summed E-state index contributed by atoms with van der Waals surface area (Å²) in [6, 6.07) is 1.08. The van der Waals surface area contributed by atoms with Gasteiger partial charge in [0.2, 0.25) is 0 Å². The van der Waals surface area contributed by atoms with E-state index in [4.69, 9.17) is 0 Å². The Morgan fingerprint density at radius 3 is 2.57 bits per heavy atom. The number of nitrogens with one attached hydrogen (secondary N) is 1. The third-order valence-electron chi connectivity index (χ3n) is 3.49. The summed E-state index contributed by atoms with van der Waals surface area (Å²) in [4.78, 5) is 13.2. The largest absolute Gasteiger partial charge is 0.416 e. The van der Waals surface area contributed by atoms with Gasteiger partial charge >= 0.3 is 6.18 Å². The molecule has 2 rings (SSSR count). The van der Waals surface area contributed by atoms with E-state index in [1.165, 1.54) is 7.05 Å². The summed E-state index contributed by atoms with van der Waals surface area (Å²) < 4.78 is 51.5. The van der Waals surface area contributed by atoms with Crippen molar-refractivity contribution >= 4 is 5.91 Å². The van der Waals surface area contributed by atoms with Crippen LogP contribution in [0.1, 0.15) is 15.9 Å². The van der Waals surface area contributed by atoms with Crippen molar-refractivity contribution in [1.82, 2.24) is 10.2 Å². The maximum Gasteiger partial charge on any atom is 0.416 e. The molecule has 1 heterocycles. The molecule has 1 aromatic carbocycles. The second-order valence-electron chi connectivity index (χ2n) is 4.90. The molecule has 1 fully saturated rings. The van der Waals surface area contributed by atoms with Crippen molar-refractivity contribution in [2.75, 3.05) is 20.1 Å². The predicted molar refractivity (Wildman–Crippen MR) is 66.2 cm³/mol. The van der Waals surface area contributed by atoms with Crippen LogP contribution in [0.3, 0.4) is 0 Å². The molecule has 0 spiro atoms. The number of hydrogen-bond acceptors (Lipinski definition) is 3. The van der Waals surface area contributed by atoms with E-state index in [1.54, 1.807) is 0 Å². The highest BCUT2D eigenvalue weighted by Crippen LogP contribution is 2.30. The second-order valence-corrected chi connectivity index (χ2v) is 4.90. The highest BCUT2D eigenvalue weighted by atomic mass is 19.4. The van der Waals surface area contributed by atoms with E-state index in [9.17, 15) is 27.5 Å². The Kier molecular flexibility index (Phi) is 4.20. The second kappa shape index (κ2) is 5.61. The van der Waals surface area contributed by atoms with E-state index in [0.717, 1.165) is 4.90 Å². The predicted octanol–water partition coefficient (Wildman–Crippen LogP) is 1.25. The first-order chi connectivity index (χ1) is 9.71. The molecule has 21 heavy (non-hydrogen) atoms. The zero-order chi connectivity index (χ0) is 15.8. The van der Waals surface area contributed by atoms with Gasteiger partial charge in [0.25, 0.3) is 5.91 Å². The minimum Gasteiger partial charge on any atom is -0.390 e. The van der Waals surface area contributed by atoms with Crippen molar-refractivity contribution in [1.29, 1.82) is 0 Å². The first-order valence-electron chi connectivity index (χ1n) is 6.24. The van der Waals surface area contributed by atoms with Crippen LogP contribution in [-0.2, 0) is 6.18 Å². The Balaban J connectivity index is 2.30. The Hall–Kier alpha value is -1.67. The number of aliphatic hydroxyl groups is 1. The van der Waals surface area contributed by atoms with Gasteiger partial charge in [-0.3, -0.25) is 4.79 Å². The van der Waals surface area contributed by atoms with Crippen molar-refractivity contribution < 1.29 is 27.5 Å². The lowest BCUT2D eigenvalue weighted by atomic mass is 10.1. The third kappa shape index (κ3) is 3.16. The van der Waals surface area contributed by atoms with Crippen LogP contribution in [0.2, 0.25) is 0 Å². The molecule has 1 aliphatic rings. The molecule has 1 aliphatic heterocycles. The van der Waals surface area contributed by atoms with Gasteiger partial charge in [0.05, 0.1) is 23.3 Å². The number of halogens is 4. The van der Waals surface area contributed by atoms with Gasteiger partial charge in [0, 0.05) is 20.1 Å². The molecule has 1 saturated heterocycles. The van der Waals surface area contributed by atoms with Crippen LogP contribution < -0.4 is 5.32 Å². The maximum absolute atomic E-state index is 13.7. The molecular formula is C13H14F4N2O2. The van der Waals surface area contributed by atoms with Gasteiger partial charge in [-0.25, -0.2) is 4.39 Å². The number of alkyl halides is 3. The van der Waals surface area contributed by atoms with Gasteiger partial charge in [-0.15, -0.1) is 0 Å². The van der Waals surface area contributed by atoms with Crippen LogP contribution in [0.5, 0.6) is 0 Å². The molecule has 0 radical (unpaired) electrons. The number of hydrogen-bond donors (Lipinski definition) is 2. The number of benzene rings is 1. The zero-order valence-corrected chi connectivity index (χ0v) is 11.1. The lowest BCUT2D eigenvalue weighted by Gasteiger charge is -2.26. The van der Waals surface area contributed by atoms with Crippen LogP contribution in [0, 0.1) is 5.82 Å². The lowest BCUT2D eigenvalue weighted by molar-refractivity contribution is -0.137. The smallest absolute Gasteiger partial charge is 0.390 e. The number of aliphatic hydroxyl groups excluding tert-OH is 1. The van der Waals surface area contributed by atoms with Crippen molar-refractivity contribution in [2.45, 2.75) is 18.3 Å². The van der Waals surface area contributed by atoms with E-state index in [0.29, 0.717) is 24.7 Å². The monoisotopic (exact) mass is 306 g/mol. The number of carbonyl (C=O) groups is 1. The van der Waals surface area contributed by atoms with Crippen LogP contribution in [-0.4, -0.2) is 48.2 Å². The van der Waals surface area contributed by atoms with Crippen molar-refractivity contribution in [3.63, 3.8) is 0 Å². The molecule has 0 aliphatic carbocycles. The number of carbonyl (C=O) groups excluding carboxylic acids is 1. The molecule has 2 atom stereocenters. The number of nitrogens with zero attached hydrogens (tertiary/aromatic N) is 1. The highest BCUT2D eigenvalue weighted by Gasteiger charge is 2.35. The van der Waals surface area contributed by atoms with Crippen molar-refractivity contribution in [3.8, 4) is 0 Å². The topological polar surface area (TPSA) is 52.6 Å². The van der Waals surface area contributed by atoms with E-state index in [-0.39, 0.29) is 6.54 Å². The molecule has 8 heteroatoms. The molecule has 2 N–H and O–H groups in total. The van der Waals surface area contributed by atoms with Gasteiger partial charge in [0.1, 0.15) is 5.82 Å². The fraction of sp³-hybridized carbons (Fsp3) is 0.462. The van der Waals surface area contributed by atoms with Gasteiger partial charge in [-0.1, -0.05) is 0 Å². The Morgan fingerprint density at radius 1 is 1.38 bits per heavy atom. The molecule has 0 unspecified atom stereocenters. The minimum absolute atomic E-state index is 0.271. The van der Waals surface area contributed by atoms with Crippen molar-refractivity contribution in [2.24, 2.45) is 0 Å². The average Bonchev–Trinajstić information content (AvgIpc) is 2.82. The molecule has 0 aromatic heterocycles. The number of rotatable bonds is 2. The standard InChI is InChI=1S/C13H14F4N2O2/c1-19(10-5-18-6-11(10)20)12(21)8-4-7(13(15,16)17)2-3-9(8)14/h2-4,10-11,18,20H,5-6H2,1H3/t10-,11-/m0/s1. The maximum atomic E-state index is 13.7. The van der Waals surface area contributed by atoms with E-state index >= 15 is 0 Å². The summed E-state index contributed by atoms with van der Waals surface area (Å²) in [6.45, 7) is 0.567. The first-order valence-corrected chi connectivity index (χ1v) is 6.24. The van der Waals surface area contributed by atoms with Gasteiger partial charge in [0.15, 0.2) is 0 Å². The Bertz CT molecular complexity index is 547. The Labute approximate surface area is 118 Å². The van der Waals surface area contributed by atoms with Gasteiger partial charge in [-0.05, 0) is 18.2 Å². The first kappa shape index (κ1) is 15.7. The third-order valence-corrected chi connectivity index (χ3v) is 3.49. The summed E-state index contributed by atoms with van der Waals surface area (Å²) in [6.07, 6.45) is -5.50. The van der Waals surface area contributed by atoms with Crippen LogP contribution in [0.25, 0.3) is 0 Å². The van der Waals surface area contributed by atoms with Crippen LogP contribution in [0.15, 0.2) is 18.2 Å². The summed E-state index contributed by atoms with van der Waals surface area (Å²) in [5.41, 5.74) is -1.75. The number of likely N-dealkylation sites (N-methyl/N-ethyl adjacent to an activating group) is 1. The normalized spacial score (nSPS) is 22.4. The highest BCUT2D eigenvalue weighted by molar-refractivity contribution is 5.94. The van der Waals surface area contributed by atoms with Gasteiger partial charge < -0.3 is 15.3 Å². The molecule has 0 saturated carbocycles. The van der Waals surface area contributed by atoms with E-state index in [2.05, 4.69) is 5.32 Å². The summed E-state index contributed by atoms with van der Waals surface area (Å²) >= 11 is 0. The molecule has 0 bridgehead atoms. The van der Waals surface area contributed by atoms with Crippen LogP contribution in [0.4, 0.5) is 17.6 Å². The van der Waals surface area contributed by atoms with Gasteiger partial charge in [-0.2, -0.15) is 13.2 Å². The minimum atomic E-state index is -4.66. The fourth-order valence-corrected chi connectivity index (χ4v) is 2.25. The molecule has 4 nitrogen and oxygen atoms in total. The SMILES string of the molecule is CN(C(=O)c1cc(C(F)(F)F)ccc1F)[C@H]1CNC[C@@H]1O. The molecule has 1 aromatic rings. The number of β-amino-alcohol motifs (C(OH)–C–C–N with tert-alkyl or cyclic N) is 1. The lowest BCUT2D eigenvalue weighted by Crippen LogP contribution is -2.44. The summed E-state index contributed by atoms with van der Waals surface area (Å²) in [5.74, 6) is -1.92. The average molecular weight is 306 g/mol. The van der Waals surface area contributed by atoms with Crippen LogP contribution >= 0.6 is 0 Å². The number of amides is 1. The summed E-state index contributed by atoms with van der Waals surface area (Å²) in [7, 11) is 1.32. The van der Waals surface area contributed by atoms with E-state index in [1.807, 2.05) is 0 Å². The molecule has 1 amide bonds. The molecule has 116 valence electrons. The van der Waals surface area contributed by atoms with Crippen molar-refractivity contribution in [3.05, 3.63) is 35.1 Å². The zero-order valence-electron chi connectivity index (χ0n) is 11.1. The quantitative estimate of drug-likeness (QED) is 0.809.